The van der Waals surface area contributed by atoms with Gasteiger partial charge in [-0.15, -0.1) is 0 Å². The van der Waals surface area contributed by atoms with Crippen molar-refractivity contribution in [2.45, 2.75) is 26.3 Å². The molecule has 0 radical (unpaired) electrons. The Morgan fingerprint density at radius 1 is 1.35 bits per heavy atom. The minimum Gasteiger partial charge on any atom is -0.491 e. The van der Waals surface area contributed by atoms with E-state index in [1.54, 1.807) is 6.07 Å². The molecule has 1 rings (SSSR count). The maximum atomic E-state index is 13.6. The minimum atomic E-state index is -0.329. The molecule has 1 aromatic carbocycles. The fourth-order valence-electron chi connectivity index (χ4n) is 1.44. The van der Waals surface area contributed by atoms with Gasteiger partial charge in [0.25, 0.3) is 0 Å². The molecule has 0 aliphatic heterocycles. The van der Waals surface area contributed by atoms with Crippen LogP contribution in [0.15, 0.2) is 18.2 Å². The summed E-state index contributed by atoms with van der Waals surface area (Å²) in [6.45, 7) is 4.12. The smallest absolute Gasteiger partial charge is 0.165 e. The summed E-state index contributed by atoms with van der Waals surface area (Å²) in [7, 11) is 0. The van der Waals surface area contributed by atoms with Gasteiger partial charge in [-0.3, -0.25) is 0 Å². The van der Waals surface area contributed by atoms with Crippen molar-refractivity contribution in [3.8, 4) is 5.75 Å². The van der Waals surface area contributed by atoms with Crippen molar-refractivity contribution in [1.82, 2.24) is 5.32 Å². The van der Waals surface area contributed by atoms with Crippen LogP contribution in [0, 0.1) is 5.82 Å². The number of unbranched alkanes of at least 4 members (excludes halogenated alkanes) is 1. The van der Waals surface area contributed by atoms with E-state index < -0.39 is 0 Å². The Balaban J connectivity index is 2.45. The zero-order valence-corrected chi connectivity index (χ0v) is 10.2. The van der Waals surface area contributed by atoms with E-state index in [4.69, 9.17) is 9.84 Å². The van der Waals surface area contributed by atoms with Crippen LogP contribution in [0.2, 0.25) is 0 Å². The Morgan fingerprint density at radius 2 is 2.18 bits per heavy atom. The minimum absolute atomic E-state index is 0.146. The lowest BCUT2D eigenvalue weighted by Crippen LogP contribution is -2.12. The molecule has 0 aliphatic rings. The van der Waals surface area contributed by atoms with E-state index in [0.717, 1.165) is 18.5 Å². The third-order valence-electron chi connectivity index (χ3n) is 2.39. The third-order valence-corrected chi connectivity index (χ3v) is 2.39. The second-order valence-electron chi connectivity index (χ2n) is 3.82. The first-order chi connectivity index (χ1) is 8.27. The molecule has 96 valence electrons. The molecular formula is C13H20FNO2. The zero-order chi connectivity index (χ0) is 12.5. The van der Waals surface area contributed by atoms with Gasteiger partial charge in [-0.1, -0.05) is 13.0 Å². The first kappa shape index (κ1) is 13.9. The molecule has 0 aromatic heterocycles. The number of hydrogen-bond donors (Lipinski definition) is 2. The molecular weight excluding hydrogens is 221 g/mol. The molecule has 17 heavy (non-hydrogen) atoms. The molecule has 1 aromatic rings. The SMILES string of the molecule is CCNCc1ccc(OCCCCO)c(F)c1. The highest BCUT2D eigenvalue weighted by Gasteiger charge is 2.04. The van der Waals surface area contributed by atoms with Gasteiger partial charge in [-0.2, -0.15) is 0 Å². The molecule has 0 heterocycles. The van der Waals surface area contributed by atoms with Crippen molar-refractivity contribution in [2.75, 3.05) is 19.8 Å². The molecule has 0 amide bonds. The predicted molar refractivity (Wildman–Crippen MR) is 65.6 cm³/mol. The van der Waals surface area contributed by atoms with Crippen LogP contribution in [-0.2, 0) is 6.54 Å². The quantitative estimate of drug-likeness (QED) is 0.685. The molecule has 0 atom stereocenters. The maximum absolute atomic E-state index is 13.6. The third kappa shape index (κ3) is 5.15. The van der Waals surface area contributed by atoms with Crippen LogP contribution in [0.5, 0.6) is 5.75 Å². The molecule has 4 heteroatoms. The lowest BCUT2D eigenvalue weighted by molar-refractivity contribution is 0.248. The second kappa shape index (κ2) is 8.03. The molecule has 0 spiro atoms. The second-order valence-corrected chi connectivity index (χ2v) is 3.82. The standard InChI is InChI=1S/C13H20FNO2/c1-2-15-10-11-5-6-13(12(14)9-11)17-8-4-3-7-16/h5-6,9,15-16H,2-4,7-8,10H2,1H3. The van der Waals surface area contributed by atoms with Crippen LogP contribution in [-0.4, -0.2) is 24.9 Å². The Morgan fingerprint density at radius 3 is 2.82 bits per heavy atom. The van der Waals surface area contributed by atoms with Crippen LogP contribution in [0.3, 0.4) is 0 Å². The van der Waals surface area contributed by atoms with E-state index in [1.165, 1.54) is 6.07 Å². The molecule has 0 saturated heterocycles. The number of aliphatic hydroxyl groups is 1. The van der Waals surface area contributed by atoms with Gasteiger partial charge in [0, 0.05) is 13.2 Å². The number of benzene rings is 1. The summed E-state index contributed by atoms with van der Waals surface area (Å²) >= 11 is 0. The molecule has 0 fully saturated rings. The summed E-state index contributed by atoms with van der Waals surface area (Å²) in [5.74, 6) is -0.0485. The summed E-state index contributed by atoms with van der Waals surface area (Å²) < 4.78 is 18.9. The molecule has 2 N–H and O–H groups in total. The van der Waals surface area contributed by atoms with Gasteiger partial charge in [0.15, 0.2) is 11.6 Å². The van der Waals surface area contributed by atoms with Gasteiger partial charge in [-0.05, 0) is 37.1 Å². The van der Waals surface area contributed by atoms with E-state index in [1.807, 2.05) is 13.0 Å². The van der Waals surface area contributed by atoms with Gasteiger partial charge in [0.1, 0.15) is 0 Å². The van der Waals surface area contributed by atoms with E-state index >= 15 is 0 Å². The van der Waals surface area contributed by atoms with Crippen LogP contribution in [0.1, 0.15) is 25.3 Å². The highest BCUT2D eigenvalue weighted by molar-refractivity contribution is 5.29. The van der Waals surface area contributed by atoms with Crippen molar-refractivity contribution < 1.29 is 14.2 Å². The summed E-state index contributed by atoms with van der Waals surface area (Å²) in [5.41, 5.74) is 0.909. The average molecular weight is 241 g/mol. The lowest BCUT2D eigenvalue weighted by Gasteiger charge is -2.08. The Labute approximate surface area is 102 Å². The number of rotatable bonds is 8. The normalized spacial score (nSPS) is 10.5. The average Bonchev–Trinajstić information content (AvgIpc) is 2.34. The Bertz CT molecular complexity index is 331. The van der Waals surface area contributed by atoms with Gasteiger partial charge in [-0.25, -0.2) is 4.39 Å². The van der Waals surface area contributed by atoms with Crippen molar-refractivity contribution >= 4 is 0 Å². The lowest BCUT2D eigenvalue weighted by atomic mass is 10.2. The molecule has 0 saturated carbocycles. The van der Waals surface area contributed by atoms with Crippen molar-refractivity contribution in [1.29, 1.82) is 0 Å². The number of ether oxygens (including phenoxy) is 1. The topological polar surface area (TPSA) is 41.5 Å². The van der Waals surface area contributed by atoms with Gasteiger partial charge < -0.3 is 15.2 Å². The van der Waals surface area contributed by atoms with Crippen molar-refractivity contribution in [2.24, 2.45) is 0 Å². The van der Waals surface area contributed by atoms with Crippen molar-refractivity contribution in [3.63, 3.8) is 0 Å². The van der Waals surface area contributed by atoms with Crippen LogP contribution in [0.4, 0.5) is 4.39 Å². The fraction of sp³-hybridized carbons (Fsp3) is 0.538. The van der Waals surface area contributed by atoms with Crippen LogP contribution < -0.4 is 10.1 Å². The number of halogens is 1. The molecule has 0 unspecified atom stereocenters. The zero-order valence-electron chi connectivity index (χ0n) is 10.2. The summed E-state index contributed by atoms with van der Waals surface area (Å²) in [5, 5.41) is 11.7. The number of hydrogen-bond acceptors (Lipinski definition) is 3. The highest BCUT2D eigenvalue weighted by atomic mass is 19.1. The number of nitrogens with one attached hydrogen (secondary N) is 1. The van der Waals surface area contributed by atoms with Crippen LogP contribution >= 0.6 is 0 Å². The van der Waals surface area contributed by atoms with Gasteiger partial charge in [0.05, 0.1) is 6.61 Å². The fourth-order valence-corrected chi connectivity index (χ4v) is 1.44. The largest absolute Gasteiger partial charge is 0.491 e. The van der Waals surface area contributed by atoms with Gasteiger partial charge in [0.2, 0.25) is 0 Å². The van der Waals surface area contributed by atoms with E-state index in [-0.39, 0.29) is 18.2 Å². The summed E-state index contributed by atoms with van der Waals surface area (Å²) in [6, 6.07) is 5.00. The van der Waals surface area contributed by atoms with E-state index in [9.17, 15) is 4.39 Å². The maximum Gasteiger partial charge on any atom is 0.165 e. The first-order valence-electron chi connectivity index (χ1n) is 6.00. The molecule has 0 bridgehead atoms. The predicted octanol–water partition coefficient (Wildman–Crippen LogP) is 2.09. The van der Waals surface area contributed by atoms with E-state index in [0.29, 0.717) is 19.6 Å². The summed E-state index contributed by atoms with van der Waals surface area (Å²) in [6.07, 6.45) is 1.41. The van der Waals surface area contributed by atoms with Gasteiger partial charge >= 0.3 is 0 Å². The highest BCUT2D eigenvalue weighted by Crippen LogP contribution is 2.18. The molecule has 3 nitrogen and oxygen atoms in total. The Kier molecular flexibility index (Phi) is 6.58. The van der Waals surface area contributed by atoms with Crippen LogP contribution in [0.25, 0.3) is 0 Å². The monoisotopic (exact) mass is 241 g/mol. The van der Waals surface area contributed by atoms with E-state index in [2.05, 4.69) is 5.32 Å². The van der Waals surface area contributed by atoms with Crippen molar-refractivity contribution in [3.05, 3.63) is 29.6 Å². The molecule has 0 aliphatic carbocycles. The number of aliphatic hydroxyl groups excluding tert-OH is 1. The Hall–Kier alpha value is -1.13. The summed E-state index contributed by atoms with van der Waals surface area (Å²) in [4.78, 5) is 0. The first-order valence-corrected chi connectivity index (χ1v) is 6.00.